The van der Waals surface area contributed by atoms with Gasteiger partial charge in [0, 0.05) is 38.0 Å². The summed E-state index contributed by atoms with van der Waals surface area (Å²) in [5.41, 5.74) is 0.972. The summed E-state index contributed by atoms with van der Waals surface area (Å²) in [6.45, 7) is 1.20. The van der Waals surface area contributed by atoms with Crippen molar-refractivity contribution in [1.29, 1.82) is 0 Å². The van der Waals surface area contributed by atoms with Crippen molar-refractivity contribution in [2.75, 3.05) is 25.0 Å². The van der Waals surface area contributed by atoms with Gasteiger partial charge in [0.15, 0.2) is 0 Å². The molecule has 7 heteroatoms. The second kappa shape index (κ2) is 7.20. The number of benzene rings is 1. The monoisotopic (exact) mass is 267 g/mol. The second-order valence-corrected chi connectivity index (χ2v) is 4.13. The summed E-state index contributed by atoms with van der Waals surface area (Å²) in [6.07, 6.45) is 0.584. The van der Waals surface area contributed by atoms with Crippen LogP contribution < -0.4 is 10.2 Å². The Morgan fingerprint density at radius 2 is 2.00 bits per heavy atom. The molecule has 0 aliphatic heterocycles. The molecule has 0 heterocycles. The van der Waals surface area contributed by atoms with E-state index in [9.17, 15) is 14.9 Å². The zero-order valence-corrected chi connectivity index (χ0v) is 10.7. The van der Waals surface area contributed by atoms with Gasteiger partial charge in [-0.25, -0.2) is 4.79 Å². The molecule has 19 heavy (non-hydrogen) atoms. The Morgan fingerprint density at radius 1 is 1.37 bits per heavy atom. The van der Waals surface area contributed by atoms with Crippen LogP contribution in [0.1, 0.15) is 12.8 Å². The van der Waals surface area contributed by atoms with E-state index in [1.54, 1.807) is 12.1 Å². The summed E-state index contributed by atoms with van der Waals surface area (Å²) in [5.74, 6) is 0. The number of amides is 1. The molecule has 0 saturated carbocycles. The fourth-order valence-corrected chi connectivity index (χ4v) is 1.63. The van der Waals surface area contributed by atoms with Crippen LogP contribution in [0, 0.1) is 10.1 Å². The van der Waals surface area contributed by atoms with Crippen molar-refractivity contribution in [3.8, 4) is 0 Å². The average Bonchev–Trinajstić information content (AvgIpc) is 2.37. The van der Waals surface area contributed by atoms with Crippen molar-refractivity contribution < 1.29 is 14.8 Å². The number of non-ortho nitro benzene ring substituents is 1. The van der Waals surface area contributed by atoms with Gasteiger partial charge in [0.25, 0.3) is 5.69 Å². The van der Waals surface area contributed by atoms with E-state index in [2.05, 4.69) is 5.32 Å². The van der Waals surface area contributed by atoms with E-state index >= 15 is 0 Å². The van der Waals surface area contributed by atoms with E-state index in [0.717, 1.165) is 25.1 Å². The van der Waals surface area contributed by atoms with Crippen LogP contribution in [0.15, 0.2) is 24.3 Å². The number of unbranched alkanes of at least 4 members (excludes halogenated alkanes) is 1. The molecule has 7 nitrogen and oxygen atoms in total. The third kappa shape index (κ3) is 5.24. The van der Waals surface area contributed by atoms with Gasteiger partial charge in [0.1, 0.15) is 0 Å². The summed E-state index contributed by atoms with van der Waals surface area (Å²) in [6, 6.07) is 6.34. The van der Waals surface area contributed by atoms with Gasteiger partial charge in [-0.05, 0) is 25.0 Å². The lowest BCUT2D eigenvalue weighted by atomic mass is 10.2. The van der Waals surface area contributed by atoms with Crippen molar-refractivity contribution in [3.63, 3.8) is 0 Å². The highest BCUT2D eigenvalue weighted by molar-refractivity contribution is 5.64. The van der Waals surface area contributed by atoms with E-state index in [1.807, 2.05) is 11.9 Å². The molecular weight excluding hydrogens is 250 g/mol. The SMILES string of the molecule is CN(CCCCNC(=O)O)c1ccc([N+](=O)[O-])cc1. The average molecular weight is 267 g/mol. The zero-order valence-electron chi connectivity index (χ0n) is 10.7. The van der Waals surface area contributed by atoms with Gasteiger partial charge in [-0.3, -0.25) is 10.1 Å². The lowest BCUT2D eigenvalue weighted by Gasteiger charge is -2.18. The predicted molar refractivity (Wildman–Crippen MR) is 71.6 cm³/mol. The number of nitro groups is 1. The van der Waals surface area contributed by atoms with Crippen LogP contribution in [-0.2, 0) is 0 Å². The molecule has 0 fully saturated rings. The Balaban J connectivity index is 2.34. The van der Waals surface area contributed by atoms with E-state index in [1.165, 1.54) is 12.1 Å². The second-order valence-electron chi connectivity index (χ2n) is 4.13. The summed E-state index contributed by atoms with van der Waals surface area (Å²) >= 11 is 0. The van der Waals surface area contributed by atoms with Gasteiger partial charge in [0.05, 0.1) is 4.92 Å². The van der Waals surface area contributed by atoms with Crippen molar-refractivity contribution in [2.24, 2.45) is 0 Å². The first kappa shape index (κ1) is 14.7. The number of carboxylic acid groups (broad SMARTS) is 1. The summed E-state index contributed by atoms with van der Waals surface area (Å²) in [7, 11) is 1.89. The van der Waals surface area contributed by atoms with E-state index < -0.39 is 11.0 Å². The maximum absolute atomic E-state index is 10.5. The molecule has 0 aliphatic rings. The minimum atomic E-state index is -1.01. The molecule has 0 unspecified atom stereocenters. The first-order valence-electron chi connectivity index (χ1n) is 5.93. The van der Waals surface area contributed by atoms with Gasteiger partial charge in [-0.15, -0.1) is 0 Å². The first-order chi connectivity index (χ1) is 9.00. The van der Waals surface area contributed by atoms with Crippen LogP contribution in [0.2, 0.25) is 0 Å². The molecule has 0 saturated heterocycles. The maximum Gasteiger partial charge on any atom is 0.404 e. The van der Waals surface area contributed by atoms with Crippen molar-refractivity contribution in [2.45, 2.75) is 12.8 Å². The Morgan fingerprint density at radius 3 is 2.53 bits per heavy atom. The number of carbonyl (C=O) groups is 1. The van der Waals surface area contributed by atoms with Gasteiger partial charge in [-0.1, -0.05) is 0 Å². The predicted octanol–water partition coefficient (Wildman–Crippen LogP) is 2.08. The van der Waals surface area contributed by atoms with Crippen LogP contribution in [0.5, 0.6) is 0 Å². The molecule has 1 aromatic rings. The quantitative estimate of drug-likeness (QED) is 0.448. The summed E-state index contributed by atoms with van der Waals surface area (Å²) in [4.78, 5) is 22.3. The molecule has 1 aromatic carbocycles. The minimum Gasteiger partial charge on any atom is -0.465 e. The number of nitro benzene ring substituents is 1. The van der Waals surface area contributed by atoms with Crippen LogP contribution in [0.3, 0.4) is 0 Å². The van der Waals surface area contributed by atoms with Gasteiger partial charge in [-0.2, -0.15) is 0 Å². The Hall–Kier alpha value is -2.31. The third-order valence-corrected chi connectivity index (χ3v) is 2.70. The largest absolute Gasteiger partial charge is 0.465 e. The molecule has 0 aromatic heterocycles. The smallest absolute Gasteiger partial charge is 0.404 e. The van der Waals surface area contributed by atoms with Crippen molar-refractivity contribution >= 4 is 17.5 Å². The van der Waals surface area contributed by atoms with Crippen molar-refractivity contribution in [3.05, 3.63) is 34.4 Å². The van der Waals surface area contributed by atoms with Crippen molar-refractivity contribution in [1.82, 2.24) is 5.32 Å². The van der Waals surface area contributed by atoms with Crippen LogP contribution in [-0.4, -0.2) is 36.3 Å². The Labute approximate surface area is 111 Å². The van der Waals surface area contributed by atoms with Crippen LogP contribution in [0.25, 0.3) is 0 Å². The minimum absolute atomic E-state index is 0.0720. The highest BCUT2D eigenvalue weighted by Crippen LogP contribution is 2.18. The molecule has 0 atom stereocenters. The normalized spacial score (nSPS) is 9.95. The summed E-state index contributed by atoms with van der Waals surface area (Å²) in [5, 5.41) is 21.2. The fourth-order valence-electron chi connectivity index (χ4n) is 1.63. The molecule has 0 radical (unpaired) electrons. The number of hydrogen-bond acceptors (Lipinski definition) is 4. The zero-order chi connectivity index (χ0) is 14.3. The molecule has 0 bridgehead atoms. The highest BCUT2D eigenvalue weighted by Gasteiger charge is 2.06. The highest BCUT2D eigenvalue weighted by atomic mass is 16.6. The third-order valence-electron chi connectivity index (χ3n) is 2.70. The number of hydrogen-bond donors (Lipinski definition) is 2. The van der Waals surface area contributed by atoms with Gasteiger partial charge < -0.3 is 15.3 Å². The Kier molecular flexibility index (Phi) is 5.59. The molecule has 0 spiro atoms. The lowest BCUT2D eigenvalue weighted by molar-refractivity contribution is -0.384. The van der Waals surface area contributed by atoms with E-state index in [4.69, 9.17) is 5.11 Å². The molecular formula is C12H17N3O4. The van der Waals surface area contributed by atoms with E-state index in [0.29, 0.717) is 6.54 Å². The standard InChI is InChI=1S/C12H17N3O4/c1-14(9-3-2-8-13-12(16)17)10-4-6-11(7-5-10)15(18)19/h4-7,13H,2-3,8-9H2,1H3,(H,16,17). The van der Waals surface area contributed by atoms with Gasteiger partial charge >= 0.3 is 6.09 Å². The lowest BCUT2D eigenvalue weighted by Crippen LogP contribution is -2.24. The molecule has 1 rings (SSSR count). The Bertz CT molecular complexity index is 433. The fraction of sp³-hybridized carbons (Fsp3) is 0.417. The first-order valence-corrected chi connectivity index (χ1v) is 5.93. The number of rotatable bonds is 7. The topological polar surface area (TPSA) is 95.7 Å². The number of nitrogens with one attached hydrogen (secondary N) is 1. The number of nitrogens with zero attached hydrogens (tertiary/aromatic N) is 2. The van der Waals surface area contributed by atoms with Crippen LogP contribution in [0.4, 0.5) is 16.2 Å². The molecule has 104 valence electrons. The molecule has 1 amide bonds. The molecule has 2 N–H and O–H groups in total. The molecule has 0 aliphatic carbocycles. The maximum atomic E-state index is 10.5. The summed E-state index contributed by atoms with van der Waals surface area (Å²) < 4.78 is 0. The van der Waals surface area contributed by atoms with Gasteiger partial charge in [0.2, 0.25) is 0 Å². The van der Waals surface area contributed by atoms with E-state index in [-0.39, 0.29) is 5.69 Å². The van der Waals surface area contributed by atoms with Crippen LogP contribution >= 0.6 is 0 Å². The number of anilines is 1.